The zero-order valence-corrected chi connectivity index (χ0v) is 19.2. The second kappa shape index (κ2) is 7.97. The molecule has 0 spiro atoms. The predicted octanol–water partition coefficient (Wildman–Crippen LogP) is 5.79. The fourth-order valence-corrected chi connectivity index (χ4v) is 4.41. The molecule has 138 valence electrons. The molecule has 1 unspecified atom stereocenters. The van der Waals surface area contributed by atoms with Gasteiger partial charge < -0.3 is 15.0 Å². The lowest BCUT2D eigenvalue weighted by atomic mass is 10.2. The highest BCUT2D eigenvalue weighted by molar-refractivity contribution is 14.1. The molecule has 0 aliphatic carbocycles. The predicted molar refractivity (Wildman–Crippen MR) is 131 cm³/mol. The Hall–Kier alpha value is -1.32. The van der Waals surface area contributed by atoms with Crippen molar-refractivity contribution in [1.29, 1.82) is 0 Å². The van der Waals surface area contributed by atoms with E-state index in [-0.39, 0.29) is 0 Å². The van der Waals surface area contributed by atoms with Crippen molar-refractivity contribution in [2.45, 2.75) is 19.6 Å². The van der Waals surface area contributed by atoms with Gasteiger partial charge in [-0.25, -0.2) is 0 Å². The van der Waals surface area contributed by atoms with Gasteiger partial charge in [0.05, 0.1) is 12.6 Å². The van der Waals surface area contributed by atoms with E-state index in [1.54, 1.807) is 0 Å². The molecule has 0 aliphatic rings. The molecule has 2 N–H and O–H groups in total. The largest absolute Gasteiger partial charge is 0.389 e. The number of benzene rings is 3. The molecule has 3 aromatic carbocycles. The van der Waals surface area contributed by atoms with Crippen LogP contribution in [0, 0.1) is 14.1 Å². The van der Waals surface area contributed by atoms with E-state index in [1.807, 2.05) is 12.1 Å². The van der Waals surface area contributed by atoms with Crippen LogP contribution in [0.5, 0.6) is 0 Å². The Morgan fingerprint density at radius 1 is 0.889 bits per heavy atom. The maximum Gasteiger partial charge on any atom is 0.0891 e. The number of hydrogen-bond acceptors (Lipinski definition) is 2. The molecule has 1 aromatic heterocycles. The van der Waals surface area contributed by atoms with Crippen molar-refractivity contribution in [3.8, 4) is 0 Å². The molecule has 1 heterocycles. The lowest BCUT2D eigenvalue weighted by Gasteiger charge is -2.16. The molecule has 27 heavy (non-hydrogen) atoms. The lowest BCUT2D eigenvalue weighted by molar-refractivity contribution is 0.169. The lowest BCUT2D eigenvalue weighted by Crippen LogP contribution is -2.24. The normalized spacial score (nSPS) is 12.6. The molecule has 0 radical (unpaired) electrons. The zero-order valence-electron chi connectivity index (χ0n) is 14.9. The summed E-state index contributed by atoms with van der Waals surface area (Å²) in [5, 5.41) is 16.5. The van der Waals surface area contributed by atoms with Crippen LogP contribution in [0.2, 0.25) is 0 Å². The second-order valence-corrected chi connectivity index (χ2v) is 9.33. The zero-order chi connectivity index (χ0) is 19.0. The Labute approximate surface area is 186 Å². The number of aromatic nitrogens is 1. The van der Waals surface area contributed by atoms with E-state index in [0.29, 0.717) is 13.1 Å². The monoisotopic (exact) mass is 582 g/mol. The van der Waals surface area contributed by atoms with Gasteiger partial charge in [0.1, 0.15) is 0 Å². The van der Waals surface area contributed by atoms with Crippen molar-refractivity contribution < 1.29 is 5.11 Å². The average Bonchev–Trinajstić information content (AvgIpc) is 2.94. The summed E-state index contributed by atoms with van der Waals surface area (Å²) < 4.78 is 4.68. The van der Waals surface area contributed by atoms with E-state index in [2.05, 4.69) is 111 Å². The minimum atomic E-state index is -0.483. The number of aryl methyl sites for hydroxylation is 1. The van der Waals surface area contributed by atoms with Gasteiger partial charge in [0, 0.05) is 41.2 Å². The summed E-state index contributed by atoms with van der Waals surface area (Å²) in [5.41, 5.74) is 4.60. The van der Waals surface area contributed by atoms with Crippen molar-refractivity contribution in [1.82, 2.24) is 4.57 Å². The Morgan fingerprint density at radius 3 is 2.00 bits per heavy atom. The van der Waals surface area contributed by atoms with Gasteiger partial charge in [0.25, 0.3) is 0 Å². The summed E-state index contributed by atoms with van der Waals surface area (Å²) in [6, 6.07) is 21.3. The number of fused-ring (bicyclic) bond motifs is 3. The number of hydrogen-bond donors (Lipinski definition) is 2. The number of nitrogens with one attached hydrogen (secondary N) is 1. The fourth-order valence-electron chi connectivity index (χ4n) is 3.43. The molecule has 4 rings (SSSR count). The third kappa shape index (κ3) is 4.09. The van der Waals surface area contributed by atoms with Crippen LogP contribution >= 0.6 is 45.2 Å². The van der Waals surface area contributed by atoms with E-state index in [9.17, 15) is 5.11 Å². The van der Waals surface area contributed by atoms with Gasteiger partial charge in [0.15, 0.2) is 0 Å². The van der Waals surface area contributed by atoms with Crippen LogP contribution in [0.4, 0.5) is 5.69 Å². The van der Waals surface area contributed by atoms with E-state index in [1.165, 1.54) is 34.5 Å². The maximum atomic E-state index is 10.7. The van der Waals surface area contributed by atoms with E-state index < -0.39 is 6.10 Å². The standard InChI is InChI=1S/C22H20I2N2O/c1-14-2-6-17(7-3-14)25-12-18(27)13-26-21-8-4-15(23)10-19(21)20-11-16(24)5-9-22(20)26/h2-11,18,25,27H,12-13H2,1H3. The first-order valence-corrected chi connectivity index (χ1v) is 11.0. The molecule has 0 amide bonds. The first-order chi connectivity index (χ1) is 13.0. The Kier molecular flexibility index (Phi) is 5.61. The maximum absolute atomic E-state index is 10.7. The van der Waals surface area contributed by atoms with Gasteiger partial charge in [-0.3, -0.25) is 0 Å². The SMILES string of the molecule is Cc1ccc(NCC(O)Cn2c3ccc(I)cc3c3cc(I)ccc32)cc1. The van der Waals surface area contributed by atoms with Crippen LogP contribution in [0.1, 0.15) is 5.56 Å². The molecule has 0 saturated heterocycles. The van der Waals surface area contributed by atoms with Crippen LogP contribution in [-0.4, -0.2) is 22.3 Å². The van der Waals surface area contributed by atoms with Crippen LogP contribution in [0.3, 0.4) is 0 Å². The van der Waals surface area contributed by atoms with Crippen molar-refractivity contribution in [2.24, 2.45) is 0 Å². The van der Waals surface area contributed by atoms with Gasteiger partial charge in [0.2, 0.25) is 0 Å². The summed E-state index contributed by atoms with van der Waals surface area (Å²) in [6.07, 6.45) is -0.483. The number of rotatable bonds is 5. The number of halogens is 2. The quantitative estimate of drug-likeness (QED) is 0.293. The third-order valence-corrected chi connectivity index (χ3v) is 6.12. The molecule has 4 aromatic rings. The first-order valence-electron chi connectivity index (χ1n) is 8.87. The summed E-state index contributed by atoms with van der Waals surface area (Å²) in [5.74, 6) is 0. The van der Waals surface area contributed by atoms with Gasteiger partial charge in [-0.05, 0) is 101 Å². The summed E-state index contributed by atoms with van der Waals surface area (Å²) >= 11 is 4.71. The number of aliphatic hydroxyl groups excluding tert-OH is 1. The molecule has 3 nitrogen and oxygen atoms in total. The number of aliphatic hydroxyl groups is 1. The van der Waals surface area contributed by atoms with E-state index in [0.717, 1.165) is 5.69 Å². The molecular weight excluding hydrogens is 562 g/mol. The molecular formula is C22H20I2N2O. The highest BCUT2D eigenvalue weighted by Crippen LogP contribution is 2.31. The minimum Gasteiger partial charge on any atom is -0.389 e. The van der Waals surface area contributed by atoms with Crippen LogP contribution in [0.25, 0.3) is 21.8 Å². The van der Waals surface area contributed by atoms with Crippen molar-refractivity contribution >= 4 is 72.7 Å². The molecule has 5 heteroatoms. The van der Waals surface area contributed by atoms with E-state index >= 15 is 0 Å². The van der Waals surface area contributed by atoms with Crippen molar-refractivity contribution in [2.75, 3.05) is 11.9 Å². The number of anilines is 1. The Morgan fingerprint density at radius 2 is 1.44 bits per heavy atom. The van der Waals surface area contributed by atoms with Crippen LogP contribution in [-0.2, 0) is 6.54 Å². The topological polar surface area (TPSA) is 37.2 Å². The highest BCUT2D eigenvalue weighted by atomic mass is 127. The average molecular weight is 582 g/mol. The third-order valence-electron chi connectivity index (χ3n) is 4.78. The highest BCUT2D eigenvalue weighted by Gasteiger charge is 2.14. The molecule has 0 fully saturated rings. The molecule has 0 bridgehead atoms. The number of nitrogens with zero attached hydrogens (tertiary/aromatic N) is 1. The summed E-state index contributed by atoms with van der Waals surface area (Å²) in [6.45, 7) is 3.14. The van der Waals surface area contributed by atoms with Gasteiger partial charge in [-0.15, -0.1) is 0 Å². The summed E-state index contributed by atoms with van der Waals surface area (Å²) in [4.78, 5) is 0. The van der Waals surface area contributed by atoms with Gasteiger partial charge >= 0.3 is 0 Å². The van der Waals surface area contributed by atoms with Crippen LogP contribution in [0.15, 0.2) is 60.7 Å². The second-order valence-electron chi connectivity index (χ2n) is 6.83. The van der Waals surface area contributed by atoms with Crippen LogP contribution < -0.4 is 5.32 Å². The fraction of sp³-hybridized carbons (Fsp3) is 0.182. The Bertz CT molecular complexity index is 1040. The smallest absolute Gasteiger partial charge is 0.0891 e. The molecule has 1 atom stereocenters. The Balaban J connectivity index is 1.63. The van der Waals surface area contributed by atoms with Gasteiger partial charge in [-0.2, -0.15) is 0 Å². The van der Waals surface area contributed by atoms with Crippen molar-refractivity contribution in [3.63, 3.8) is 0 Å². The molecule has 0 saturated carbocycles. The first kappa shape index (κ1) is 19.0. The molecule has 0 aliphatic heterocycles. The minimum absolute atomic E-state index is 0.483. The summed E-state index contributed by atoms with van der Waals surface area (Å²) in [7, 11) is 0. The van der Waals surface area contributed by atoms with E-state index in [4.69, 9.17) is 0 Å². The van der Waals surface area contributed by atoms with Crippen molar-refractivity contribution in [3.05, 3.63) is 73.4 Å². The van der Waals surface area contributed by atoms with Gasteiger partial charge in [-0.1, -0.05) is 17.7 Å².